The maximum absolute atomic E-state index is 12.3. The fraction of sp³-hybridized carbons (Fsp3) is 0.636. The van der Waals surface area contributed by atoms with Crippen molar-refractivity contribution in [2.45, 2.75) is 32.2 Å². The van der Waals surface area contributed by atoms with Crippen LogP contribution >= 0.6 is 0 Å². The van der Waals surface area contributed by atoms with Crippen LogP contribution in [0.2, 0.25) is 0 Å². The number of carbonyl (C=O) groups excluding carboxylic acids is 1. The lowest BCUT2D eigenvalue weighted by atomic mass is 9.84. The molecular weight excluding hydrogens is 238 g/mol. The molecule has 0 bridgehead atoms. The number of carbonyl (C=O) groups is 2. The lowest BCUT2D eigenvalue weighted by Crippen LogP contribution is -2.45. The molecule has 0 spiro atoms. The zero-order valence-electron chi connectivity index (χ0n) is 10.1. The minimum absolute atomic E-state index is 0.157. The third-order valence-electron chi connectivity index (χ3n) is 3.41. The van der Waals surface area contributed by atoms with Crippen LogP contribution in [0.5, 0.6) is 0 Å². The summed E-state index contributed by atoms with van der Waals surface area (Å²) >= 11 is 0. The number of aliphatic carboxylic acids is 1. The minimum atomic E-state index is -1.27. The largest absolute Gasteiger partial charge is 0.480 e. The number of aromatic nitrogens is 2. The second kappa shape index (κ2) is 4.75. The van der Waals surface area contributed by atoms with Crippen molar-refractivity contribution in [2.75, 3.05) is 7.05 Å². The van der Waals surface area contributed by atoms with Crippen molar-refractivity contribution >= 4 is 11.9 Å². The Morgan fingerprint density at radius 1 is 1.50 bits per heavy atom. The molecule has 2 rings (SSSR count). The molecule has 18 heavy (non-hydrogen) atoms. The molecule has 1 heterocycles. The molecule has 0 atom stereocenters. The lowest BCUT2D eigenvalue weighted by Gasteiger charge is -2.27. The van der Waals surface area contributed by atoms with E-state index in [0.717, 1.165) is 12.8 Å². The highest BCUT2D eigenvalue weighted by Crippen LogP contribution is 2.40. The van der Waals surface area contributed by atoms with Gasteiger partial charge < -0.3 is 14.5 Å². The van der Waals surface area contributed by atoms with Crippen LogP contribution in [-0.2, 0) is 16.1 Å². The summed E-state index contributed by atoms with van der Waals surface area (Å²) in [5, 5.41) is 12.9. The molecule has 7 nitrogen and oxygen atoms in total. The van der Waals surface area contributed by atoms with E-state index in [1.165, 1.54) is 11.3 Å². The second-order valence-electron chi connectivity index (χ2n) is 4.60. The normalized spacial score (nSPS) is 17.6. The Morgan fingerprint density at radius 3 is 2.67 bits per heavy atom. The Hall–Kier alpha value is -1.92. The fourth-order valence-corrected chi connectivity index (χ4v) is 2.41. The van der Waals surface area contributed by atoms with Crippen LogP contribution in [0.15, 0.2) is 10.9 Å². The van der Waals surface area contributed by atoms with Crippen LogP contribution < -0.4 is 0 Å². The molecule has 1 aromatic heterocycles. The summed E-state index contributed by atoms with van der Waals surface area (Å²) in [5.41, 5.74) is -1.27. The fourth-order valence-electron chi connectivity index (χ4n) is 2.41. The molecule has 1 saturated carbocycles. The van der Waals surface area contributed by atoms with E-state index in [1.807, 2.05) is 0 Å². The Balaban J connectivity index is 2.11. The van der Waals surface area contributed by atoms with Gasteiger partial charge in [0.15, 0.2) is 5.82 Å². The van der Waals surface area contributed by atoms with Crippen LogP contribution in [0.4, 0.5) is 0 Å². The number of amides is 1. The molecule has 1 fully saturated rings. The van der Waals surface area contributed by atoms with Crippen molar-refractivity contribution in [1.82, 2.24) is 15.0 Å². The first-order valence-corrected chi connectivity index (χ1v) is 5.80. The summed E-state index contributed by atoms with van der Waals surface area (Å²) in [6.07, 6.45) is 3.52. The van der Waals surface area contributed by atoms with E-state index in [-0.39, 0.29) is 12.5 Å². The standard InChI is InChI=1S/C11H15N3O4/c1-14(6-8-12-7-18-13-8)9(15)11(10(16)17)4-2-3-5-11/h7H,2-6H2,1H3,(H,16,17). The van der Waals surface area contributed by atoms with Crippen LogP contribution in [-0.4, -0.2) is 39.1 Å². The molecule has 1 N–H and O–H groups in total. The summed E-state index contributed by atoms with van der Waals surface area (Å²) < 4.78 is 4.58. The molecule has 1 aromatic rings. The maximum Gasteiger partial charge on any atom is 0.319 e. The van der Waals surface area contributed by atoms with Gasteiger partial charge in [-0.3, -0.25) is 9.59 Å². The average molecular weight is 253 g/mol. The number of carboxylic acids is 1. The van der Waals surface area contributed by atoms with E-state index in [1.54, 1.807) is 7.05 Å². The Bertz CT molecular complexity index is 437. The highest BCUT2D eigenvalue weighted by molar-refractivity contribution is 6.02. The summed E-state index contributed by atoms with van der Waals surface area (Å²) in [7, 11) is 1.56. The predicted octanol–water partition coefficient (Wildman–Crippen LogP) is 0.673. The third kappa shape index (κ3) is 2.07. The average Bonchev–Trinajstić information content (AvgIpc) is 2.98. The van der Waals surface area contributed by atoms with Gasteiger partial charge >= 0.3 is 5.97 Å². The number of nitrogens with zero attached hydrogens (tertiary/aromatic N) is 3. The summed E-state index contributed by atoms with van der Waals surface area (Å²) in [6.45, 7) is 0.157. The van der Waals surface area contributed by atoms with Crippen molar-refractivity contribution in [1.29, 1.82) is 0 Å². The number of hydrogen-bond donors (Lipinski definition) is 1. The van der Waals surface area contributed by atoms with Crippen LogP contribution in [0.3, 0.4) is 0 Å². The first-order valence-electron chi connectivity index (χ1n) is 5.80. The number of carboxylic acid groups (broad SMARTS) is 1. The van der Waals surface area contributed by atoms with Crippen molar-refractivity contribution in [2.24, 2.45) is 5.41 Å². The van der Waals surface area contributed by atoms with E-state index >= 15 is 0 Å². The molecule has 1 amide bonds. The van der Waals surface area contributed by atoms with Crippen molar-refractivity contribution in [3.8, 4) is 0 Å². The summed E-state index contributed by atoms with van der Waals surface area (Å²) in [5.74, 6) is -1.05. The molecule has 98 valence electrons. The Morgan fingerprint density at radius 2 is 2.17 bits per heavy atom. The van der Waals surface area contributed by atoms with E-state index in [9.17, 15) is 14.7 Å². The van der Waals surface area contributed by atoms with Gasteiger partial charge in [0.1, 0.15) is 5.41 Å². The first-order chi connectivity index (χ1) is 8.56. The van der Waals surface area contributed by atoms with Crippen LogP contribution in [0.25, 0.3) is 0 Å². The smallest absolute Gasteiger partial charge is 0.319 e. The van der Waals surface area contributed by atoms with E-state index in [4.69, 9.17) is 0 Å². The maximum atomic E-state index is 12.3. The first kappa shape index (κ1) is 12.5. The molecule has 7 heteroatoms. The van der Waals surface area contributed by atoms with Gasteiger partial charge in [-0.2, -0.15) is 4.98 Å². The minimum Gasteiger partial charge on any atom is -0.480 e. The van der Waals surface area contributed by atoms with E-state index in [2.05, 4.69) is 14.7 Å². The Kier molecular flexibility index (Phi) is 3.31. The summed E-state index contributed by atoms with van der Waals surface area (Å²) in [6, 6.07) is 0. The summed E-state index contributed by atoms with van der Waals surface area (Å²) in [4.78, 5) is 28.8. The van der Waals surface area contributed by atoms with Crippen LogP contribution in [0, 0.1) is 5.41 Å². The second-order valence-corrected chi connectivity index (χ2v) is 4.60. The van der Waals surface area contributed by atoms with Crippen LogP contribution in [0.1, 0.15) is 31.5 Å². The molecule has 1 aliphatic carbocycles. The molecule has 1 aliphatic rings. The van der Waals surface area contributed by atoms with Crippen molar-refractivity contribution < 1.29 is 19.2 Å². The van der Waals surface area contributed by atoms with Gasteiger partial charge in [0.25, 0.3) is 0 Å². The monoisotopic (exact) mass is 253 g/mol. The highest BCUT2D eigenvalue weighted by atomic mass is 16.5. The van der Waals surface area contributed by atoms with Crippen molar-refractivity contribution in [3.63, 3.8) is 0 Å². The molecule has 0 unspecified atom stereocenters. The van der Waals surface area contributed by atoms with Gasteiger partial charge in [0.2, 0.25) is 12.3 Å². The third-order valence-corrected chi connectivity index (χ3v) is 3.41. The van der Waals surface area contributed by atoms with Gasteiger partial charge in [0, 0.05) is 7.05 Å². The highest BCUT2D eigenvalue weighted by Gasteiger charge is 2.49. The van der Waals surface area contributed by atoms with E-state index < -0.39 is 11.4 Å². The number of rotatable bonds is 4. The molecular formula is C11H15N3O4. The predicted molar refractivity (Wildman–Crippen MR) is 59.3 cm³/mol. The molecule has 0 radical (unpaired) electrons. The molecule has 0 aliphatic heterocycles. The molecule has 0 saturated heterocycles. The number of hydrogen-bond acceptors (Lipinski definition) is 5. The zero-order chi connectivity index (χ0) is 13.2. The quantitative estimate of drug-likeness (QED) is 0.792. The SMILES string of the molecule is CN(Cc1ncon1)C(=O)C1(C(=O)O)CCCC1. The molecule has 0 aromatic carbocycles. The topological polar surface area (TPSA) is 96.5 Å². The van der Waals surface area contributed by atoms with Gasteiger partial charge in [-0.15, -0.1) is 0 Å². The van der Waals surface area contributed by atoms with E-state index in [0.29, 0.717) is 18.7 Å². The van der Waals surface area contributed by atoms with Gasteiger partial charge in [0.05, 0.1) is 6.54 Å². The van der Waals surface area contributed by atoms with Crippen molar-refractivity contribution in [3.05, 3.63) is 12.2 Å². The zero-order valence-corrected chi connectivity index (χ0v) is 10.1. The van der Waals surface area contributed by atoms with Gasteiger partial charge in [-0.25, -0.2) is 0 Å². The van der Waals surface area contributed by atoms with Gasteiger partial charge in [-0.05, 0) is 12.8 Å². The van der Waals surface area contributed by atoms with Gasteiger partial charge in [-0.1, -0.05) is 18.0 Å². The Labute approximate surface area is 104 Å². The lowest BCUT2D eigenvalue weighted by molar-refractivity contribution is -0.160.